The van der Waals surface area contributed by atoms with Gasteiger partial charge in [-0.1, -0.05) is 36.4 Å². The molecule has 0 radical (unpaired) electrons. The fourth-order valence-electron chi connectivity index (χ4n) is 3.93. The summed E-state index contributed by atoms with van der Waals surface area (Å²) in [6.45, 7) is 2.16. The number of hydrogen-bond donors (Lipinski definition) is 1. The molecular weight excluding hydrogens is 270 g/mol. The zero-order valence-corrected chi connectivity index (χ0v) is 13.1. The maximum atomic E-state index is 6.30. The standard InChI is InChI=1S/C20H23NO/c1-14-5-2-3-8-20(14)15-6-4-7-18(11-15)22-19-12-16-9-10-17(13-19)21-16/h2-8,11,16-17,19,21H,9-10,12-13H2,1H3/t16-,17+,19-. The molecule has 2 aliphatic rings. The van der Waals surface area contributed by atoms with Gasteiger partial charge >= 0.3 is 0 Å². The van der Waals surface area contributed by atoms with E-state index in [0.29, 0.717) is 18.2 Å². The summed E-state index contributed by atoms with van der Waals surface area (Å²) >= 11 is 0. The predicted octanol–water partition coefficient (Wildman–Crippen LogP) is 4.32. The van der Waals surface area contributed by atoms with Crippen molar-refractivity contribution >= 4 is 0 Å². The van der Waals surface area contributed by atoms with Crippen LogP contribution in [0, 0.1) is 6.92 Å². The SMILES string of the molecule is Cc1ccccc1-c1cccc(O[C@@H]2C[C@H]3CC[C@@H](C2)N3)c1. The van der Waals surface area contributed by atoms with Crippen LogP contribution >= 0.6 is 0 Å². The minimum Gasteiger partial charge on any atom is -0.490 e. The molecule has 0 saturated carbocycles. The summed E-state index contributed by atoms with van der Waals surface area (Å²) in [6, 6.07) is 18.4. The van der Waals surface area contributed by atoms with Crippen LogP contribution in [0.2, 0.25) is 0 Å². The third-order valence-corrected chi connectivity index (χ3v) is 5.02. The van der Waals surface area contributed by atoms with E-state index in [1.807, 2.05) is 0 Å². The van der Waals surface area contributed by atoms with Crippen LogP contribution in [0.4, 0.5) is 0 Å². The molecule has 2 aliphatic heterocycles. The first-order valence-electron chi connectivity index (χ1n) is 8.37. The van der Waals surface area contributed by atoms with Crippen LogP contribution in [0.15, 0.2) is 48.5 Å². The molecule has 0 unspecified atom stereocenters. The molecule has 0 amide bonds. The molecule has 2 aromatic carbocycles. The molecule has 0 aliphatic carbocycles. The quantitative estimate of drug-likeness (QED) is 0.909. The second-order valence-electron chi connectivity index (χ2n) is 6.69. The average Bonchev–Trinajstić information content (AvgIpc) is 2.87. The first-order valence-corrected chi connectivity index (χ1v) is 8.37. The van der Waals surface area contributed by atoms with Crippen molar-refractivity contribution in [2.45, 2.75) is 50.8 Å². The second-order valence-corrected chi connectivity index (χ2v) is 6.69. The first-order chi connectivity index (χ1) is 10.8. The number of aryl methyl sites for hydroxylation is 1. The Labute approximate surface area is 132 Å². The van der Waals surface area contributed by atoms with Crippen LogP contribution in [-0.2, 0) is 0 Å². The molecule has 4 rings (SSSR count). The number of nitrogens with one attached hydrogen (secondary N) is 1. The molecule has 2 saturated heterocycles. The van der Waals surface area contributed by atoms with Crippen molar-refractivity contribution in [1.29, 1.82) is 0 Å². The number of fused-ring (bicyclic) bond motifs is 2. The Kier molecular flexibility index (Phi) is 3.63. The summed E-state index contributed by atoms with van der Waals surface area (Å²) in [5.41, 5.74) is 3.84. The van der Waals surface area contributed by atoms with Crippen LogP contribution in [0.25, 0.3) is 11.1 Å². The molecule has 114 valence electrons. The average molecular weight is 293 g/mol. The minimum absolute atomic E-state index is 0.367. The van der Waals surface area contributed by atoms with Gasteiger partial charge in [0.2, 0.25) is 0 Å². The van der Waals surface area contributed by atoms with Crippen molar-refractivity contribution in [2.75, 3.05) is 0 Å². The number of ether oxygens (including phenoxy) is 1. The molecular formula is C20H23NO. The van der Waals surface area contributed by atoms with Crippen molar-refractivity contribution in [3.05, 3.63) is 54.1 Å². The molecule has 2 heterocycles. The van der Waals surface area contributed by atoms with E-state index in [4.69, 9.17) is 4.74 Å². The van der Waals surface area contributed by atoms with E-state index in [-0.39, 0.29) is 0 Å². The predicted molar refractivity (Wildman–Crippen MR) is 90.2 cm³/mol. The van der Waals surface area contributed by atoms with Crippen LogP contribution in [0.3, 0.4) is 0 Å². The van der Waals surface area contributed by atoms with Gasteiger partial charge in [0, 0.05) is 12.1 Å². The highest BCUT2D eigenvalue weighted by Gasteiger charge is 2.34. The Hall–Kier alpha value is -1.80. The lowest BCUT2D eigenvalue weighted by Gasteiger charge is -2.29. The van der Waals surface area contributed by atoms with E-state index in [2.05, 4.69) is 60.8 Å². The maximum absolute atomic E-state index is 6.30. The second kappa shape index (κ2) is 5.77. The van der Waals surface area contributed by atoms with Gasteiger partial charge in [0.25, 0.3) is 0 Å². The summed E-state index contributed by atoms with van der Waals surface area (Å²) in [5, 5.41) is 3.67. The normalized spacial score (nSPS) is 26.9. The third-order valence-electron chi connectivity index (χ3n) is 5.02. The van der Waals surface area contributed by atoms with Gasteiger partial charge in [-0.25, -0.2) is 0 Å². The molecule has 3 atom stereocenters. The summed E-state index contributed by atoms with van der Waals surface area (Å²) in [6.07, 6.45) is 5.28. The van der Waals surface area contributed by atoms with Crippen LogP contribution in [0.1, 0.15) is 31.2 Å². The summed E-state index contributed by atoms with van der Waals surface area (Å²) in [7, 11) is 0. The van der Waals surface area contributed by atoms with E-state index in [1.165, 1.54) is 29.5 Å². The van der Waals surface area contributed by atoms with Gasteiger partial charge in [0.15, 0.2) is 0 Å². The molecule has 2 heteroatoms. The molecule has 2 nitrogen and oxygen atoms in total. The van der Waals surface area contributed by atoms with E-state index in [0.717, 1.165) is 18.6 Å². The lowest BCUT2D eigenvalue weighted by molar-refractivity contribution is 0.137. The van der Waals surface area contributed by atoms with Gasteiger partial charge < -0.3 is 10.1 Å². The van der Waals surface area contributed by atoms with E-state index in [1.54, 1.807) is 0 Å². The molecule has 2 fully saturated rings. The summed E-state index contributed by atoms with van der Waals surface area (Å²) in [4.78, 5) is 0. The topological polar surface area (TPSA) is 21.3 Å². The molecule has 0 spiro atoms. The van der Waals surface area contributed by atoms with Gasteiger partial charge in [-0.3, -0.25) is 0 Å². The van der Waals surface area contributed by atoms with Crippen molar-refractivity contribution in [3.63, 3.8) is 0 Å². The van der Waals surface area contributed by atoms with Crippen molar-refractivity contribution < 1.29 is 4.74 Å². The highest BCUT2D eigenvalue weighted by atomic mass is 16.5. The van der Waals surface area contributed by atoms with Crippen molar-refractivity contribution in [3.8, 4) is 16.9 Å². The first kappa shape index (κ1) is 13.8. The number of piperidine rings is 1. The van der Waals surface area contributed by atoms with Gasteiger partial charge in [-0.15, -0.1) is 0 Å². The lowest BCUT2D eigenvalue weighted by atomic mass is 10.00. The Bertz CT molecular complexity index is 654. The largest absolute Gasteiger partial charge is 0.490 e. The Morgan fingerprint density at radius 1 is 0.955 bits per heavy atom. The summed E-state index contributed by atoms with van der Waals surface area (Å²) in [5.74, 6) is 1.01. The molecule has 22 heavy (non-hydrogen) atoms. The van der Waals surface area contributed by atoms with E-state index in [9.17, 15) is 0 Å². The van der Waals surface area contributed by atoms with Crippen molar-refractivity contribution in [2.24, 2.45) is 0 Å². The maximum Gasteiger partial charge on any atom is 0.120 e. The van der Waals surface area contributed by atoms with E-state index >= 15 is 0 Å². The van der Waals surface area contributed by atoms with Crippen molar-refractivity contribution in [1.82, 2.24) is 5.32 Å². The lowest BCUT2D eigenvalue weighted by Crippen LogP contribution is -2.42. The minimum atomic E-state index is 0.367. The third kappa shape index (κ3) is 2.76. The highest BCUT2D eigenvalue weighted by Crippen LogP contribution is 2.31. The van der Waals surface area contributed by atoms with Gasteiger partial charge in [0.05, 0.1) is 0 Å². The zero-order chi connectivity index (χ0) is 14.9. The van der Waals surface area contributed by atoms with E-state index < -0.39 is 0 Å². The number of rotatable bonds is 3. The Balaban J connectivity index is 1.54. The van der Waals surface area contributed by atoms with Crippen LogP contribution < -0.4 is 10.1 Å². The number of hydrogen-bond acceptors (Lipinski definition) is 2. The van der Waals surface area contributed by atoms with Crippen LogP contribution in [0.5, 0.6) is 5.75 Å². The summed E-state index contributed by atoms with van der Waals surface area (Å²) < 4.78 is 6.30. The monoisotopic (exact) mass is 293 g/mol. The highest BCUT2D eigenvalue weighted by molar-refractivity contribution is 5.68. The molecule has 2 aromatic rings. The Morgan fingerprint density at radius 3 is 2.50 bits per heavy atom. The zero-order valence-electron chi connectivity index (χ0n) is 13.1. The number of benzene rings is 2. The molecule has 0 aromatic heterocycles. The van der Waals surface area contributed by atoms with Gasteiger partial charge in [-0.05, 0) is 61.4 Å². The fraction of sp³-hybridized carbons (Fsp3) is 0.400. The molecule has 2 bridgehead atoms. The Morgan fingerprint density at radius 2 is 1.73 bits per heavy atom. The fourth-order valence-corrected chi connectivity index (χ4v) is 3.93. The molecule has 1 N–H and O–H groups in total. The van der Waals surface area contributed by atoms with Gasteiger partial charge in [-0.2, -0.15) is 0 Å². The van der Waals surface area contributed by atoms with Gasteiger partial charge in [0.1, 0.15) is 11.9 Å². The van der Waals surface area contributed by atoms with Crippen LogP contribution in [-0.4, -0.2) is 18.2 Å². The smallest absolute Gasteiger partial charge is 0.120 e.